The van der Waals surface area contributed by atoms with Gasteiger partial charge in [0, 0.05) is 6.42 Å². The van der Waals surface area contributed by atoms with E-state index in [1.165, 1.54) is 19.3 Å². The van der Waals surface area contributed by atoms with Gasteiger partial charge in [0.1, 0.15) is 12.2 Å². The fourth-order valence-electron chi connectivity index (χ4n) is 3.89. The van der Waals surface area contributed by atoms with E-state index in [9.17, 15) is 4.79 Å². The molecule has 1 amide bonds. The van der Waals surface area contributed by atoms with Crippen molar-refractivity contribution in [1.29, 1.82) is 0 Å². The van der Waals surface area contributed by atoms with Crippen LogP contribution in [-0.2, 0) is 14.3 Å². The zero-order valence-corrected chi connectivity index (χ0v) is 12.2. The lowest BCUT2D eigenvalue weighted by Crippen LogP contribution is -2.47. The third kappa shape index (κ3) is 2.40. The maximum Gasteiger partial charge on any atom is 0.223 e. The topological polar surface area (TPSA) is 38.8 Å². The van der Waals surface area contributed by atoms with E-state index in [4.69, 9.17) is 9.47 Å². The molecule has 3 fully saturated rings. The molecule has 19 heavy (non-hydrogen) atoms. The summed E-state index contributed by atoms with van der Waals surface area (Å²) in [6.45, 7) is 6.86. The molecule has 0 unspecified atom stereocenters. The number of unbranched alkanes of at least 4 members (excludes halogenated alkanes) is 1. The Labute approximate surface area is 115 Å². The SMILES string of the molecule is CCCC[C@@H]1CC(=O)N2C[C@H]3OC(C)(C)O[C@H]3[C@H]2C1. The highest BCUT2D eigenvalue weighted by Gasteiger charge is 2.55. The van der Waals surface area contributed by atoms with Gasteiger partial charge in [-0.05, 0) is 32.6 Å². The molecule has 3 rings (SSSR count). The van der Waals surface area contributed by atoms with Crippen LogP contribution < -0.4 is 0 Å². The standard InChI is InChI=1S/C15H25NO3/c1-4-5-6-10-7-11-14-12(18-15(2,3)19-14)9-16(11)13(17)8-10/h10-12,14H,4-9H2,1-3H3/t10-,11+,12+,14-/m0/s1. The summed E-state index contributed by atoms with van der Waals surface area (Å²) in [6.07, 6.45) is 5.58. The second kappa shape index (κ2) is 4.74. The summed E-state index contributed by atoms with van der Waals surface area (Å²) in [7, 11) is 0. The van der Waals surface area contributed by atoms with Gasteiger partial charge < -0.3 is 14.4 Å². The Kier molecular flexibility index (Phi) is 3.34. The van der Waals surface area contributed by atoms with Gasteiger partial charge in [0.25, 0.3) is 0 Å². The lowest BCUT2D eigenvalue weighted by molar-refractivity contribution is -0.171. The number of hydrogen-bond acceptors (Lipinski definition) is 3. The molecule has 0 saturated carbocycles. The Morgan fingerprint density at radius 3 is 2.89 bits per heavy atom. The minimum atomic E-state index is -0.485. The Bertz CT molecular complexity index is 368. The average Bonchev–Trinajstić information content (AvgIpc) is 2.80. The van der Waals surface area contributed by atoms with Gasteiger partial charge in [-0.15, -0.1) is 0 Å². The van der Waals surface area contributed by atoms with Gasteiger partial charge in [0.05, 0.1) is 12.6 Å². The molecule has 0 aromatic carbocycles. The summed E-state index contributed by atoms with van der Waals surface area (Å²) in [4.78, 5) is 14.3. The van der Waals surface area contributed by atoms with Crippen LogP contribution in [0.2, 0.25) is 0 Å². The smallest absolute Gasteiger partial charge is 0.223 e. The van der Waals surface area contributed by atoms with Crippen LogP contribution >= 0.6 is 0 Å². The van der Waals surface area contributed by atoms with Gasteiger partial charge in [-0.2, -0.15) is 0 Å². The van der Waals surface area contributed by atoms with Crippen molar-refractivity contribution in [3.05, 3.63) is 0 Å². The summed E-state index contributed by atoms with van der Waals surface area (Å²) >= 11 is 0. The first kappa shape index (κ1) is 13.4. The summed E-state index contributed by atoms with van der Waals surface area (Å²) in [5.74, 6) is 0.359. The minimum absolute atomic E-state index is 0.0777. The Hall–Kier alpha value is -0.610. The van der Waals surface area contributed by atoms with E-state index < -0.39 is 5.79 Å². The van der Waals surface area contributed by atoms with Crippen molar-refractivity contribution in [3.63, 3.8) is 0 Å². The molecule has 4 atom stereocenters. The van der Waals surface area contributed by atoms with Gasteiger partial charge >= 0.3 is 0 Å². The summed E-state index contributed by atoms with van der Waals surface area (Å²) in [6, 6.07) is 0.245. The lowest BCUT2D eigenvalue weighted by atomic mass is 9.86. The molecular weight excluding hydrogens is 242 g/mol. The van der Waals surface area contributed by atoms with Gasteiger partial charge in [-0.25, -0.2) is 0 Å². The number of carbonyl (C=O) groups excluding carboxylic acids is 1. The number of amides is 1. The van der Waals surface area contributed by atoms with Gasteiger partial charge in [-0.3, -0.25) is 4.79 Å². The molecule has 0 N–H and O–H groups in total. The fraction of sp³-hybridized carbons (Fsp3) is 0.933. The number of hydrogen-bond donors (Lipinski definition) is 0. The van der Waals surface area contributed by atoms with Crippen LogP contribution in [0.3, 0.4) is 0 Å². The van der Waals surface area contributed by atoms with Crippen LogP contribution in [0.25, 0.3) is 0 Å². The largest absolute Gasteiger partial charge is 0.343 e. The number of piperidine rings is 1. The van der Waals surface area contributed by atoms with Crippen molar-refractivity contribution in [1.82, 2.24) is 4.90 Å². The molecule has 0 aromatic heterocycles. The highest BCUT2D eigenvalue weighted by molar-refractivity contribution is 5.78. The number of nitrogens with zero attached hydrogens (tertiary/aromatic N) is 1. The summed E-state index contributed by atoms with van der Waals surface area (Å²) in [5.41, 5.74) is 0. The van der Waals surface area contributed by atoms with E-state index in [1.54, 1.807) is 0 Å². The molecule has 3 saturated heterocycles. The monoisotopic (exact) mass is 267 g/mol. The van der Waals surface area contributed by atoms with Crippen LogP contribution in [-0.4, -0.2) is 41.4 Å². The molecule has 0 aliphatic carbocycles. The van der Waals surface area contributed by atoms with E-state index in [1.807, 2.05) is 18.7 Å². The summed E-state index contributed by atoms with van der Waals surface area (Å²) < 4.78 is 11.9. The van der Waals surface area contributed by atoms with Crippen LogP contribution in [0.4, 0.5) is 0 Å². The van der Waals surface area contributed by atoms with Crippen molar-refractivity contribution in [2.75, 3.05) is 6.54 Å². The molecule has 108 valence electrons. The normalized spacial score (nSPS) is 40.4. The molecule has 0 aromatic rings. The van der Waals surface area contributed by atoms with E-state index >= 15 is 0 Å². The van der Waals surface area contributed by atoms with Crippen molar-refractivity contribution in [2.45, 2.75) is 76.9 Å². The molecule has 0 spiro atoms. The fourth-order valence-corrected chi connectivity index (χ4v) is 3.89. The maximum absolute atomic E-state index is 12.3. The third-order valence-electron chi connectivity index (χ3n) is 4.70. The average molecular weight is 267 g/mol. The first-order valence-electron chi connectivity index (χ1n) is 7.65. The second-order valence-corrected chi connectivity index (χ2v) is 6.70. The van der Waals surface area contributed by atoms with E-state index in [2.05, 4.69) is 6.92 Å². The first-order chi connectivity index (χ1) is 9.00. The van der Waals surface area contributed by atoms with E-state index in [0.717, 1.165) is 19.4 Å². The molecule has 4 nitrogen and oxygen atoms in total. The predicted octanol–water partition coefficient (Wildman–Crippen LogP) is 2.32. The van der Waals surface area contributed by atoms with Crippen LogP contribution in [0, 0.1) is 5.92 Å². The highest BCUT2D eigenvalue weighted by atomic mass is 16.8. The van der Waals surface area contributed by atoms with E-state index in [0.29, 0.717) is 11.8 Å². The Morgan fingerprint density at radius 2 is 2.16 bits per heavy atom. The number of fused-ring (bicyclic) bond motifs is 3. The van der Waals surface area contributed by atoms with E-state index in [-0.39, 0.29) is 18.2 Å². The lowest BCUT2D eigenvalue weighted by Gasteiger charge is -2.37. The van der Waals surface area contributed by atoms with Gasteiger partial charge in [0.2, 0.25) is 5.91 Å². The van der Waals surface area contributed by atoms with Crippen molar-refractivity contribution in [3.8, 4) is 0 Å². The molecule has 3 aliphatic heterocycles. The number of ether oxygens (including phenoxy) is 2. The second-order valence-electron chi connectivity index (χ2n) is 6.70. The maximum atomic E-state index is 12.3. The van der Waals surface area contributed by atoms with Gasteiger partial charge in [-0.1, -0.05) is 19.8 Å². The van der Waals surface area contributed by atoms with Crippen molar-refractivity contribution < 1.29 is 14.3 Å². The first-order valence-corrected chi connectivity index (χ1v) is 7.65. The van der Waals surface area contributed by atoms with Crippen molar-refractivity contribution >= 4 is 5.91 Å². The highest BCUT2D eigenvalue weighted by Crippen LogP contribution is 2.42. The molecule has 0 bridgehead atoms. The Balaban J connectivity index is 1.70. The van der Waals surface area contributed by atoms with Crippen LogP contribution in [0.15, 0.2) is 0 Å². The summed E-state index contributed by atoms with van der Waals surface area (Å²) in [5, 5.41) is 0. The third-order valence-corrected chi connectivity index (χ3v) is 4.70. The zero-order valence-electron chi connectivity index (χ0n) is 12.2. The van der Waals surface area contributed by atoms with Gasteiger partial charge in [0.15, 0.2) is 5.79 Å². The van der Waals surface area contributed by atoms with Crippen molar-refractivity contribution in [2.24, 2.45) is 5.92 Å². The molecule has 0 radical (unpaired) electrons. The minimum Gasteiger partial charge on any atom is -0.343 e. The Morgan fingerprint density at radius 1 is 1.37 bits per heavy atom. The van der Waals surface area contributed by atoms with Crippen LogP contribution in [0.1, 0.15) is 52.9 Å². The number of carbonyl (C=O) groups is 1. The zero-order chi connectivity index (χ0) is 13.6. The predicted molar refractivity (Wildman–Crippen MR) is 71.6 cm³/mol. The quantitative estimate of drug-likeness (QED) is 0.787. The molecule has 3 heterocycles. The molecule has 4 heteroatoms. The molecular formula is C15H25NO3. The number of rotatable bonds is 3. The van der Waals surface area contributed by atoms with Crippen LogP contribution in [0.5, 0.6) is 0 Å². The molecule has 3 aliphatic rings.